The van der Waals surface area contributed by atoms with Crippen LogP contribution < -0.4 is 10.6 Å². The largest absolute Gasteiger partial charge is 0.346 e. The van der Waals surface area contributed by atoms with Crippen molar-refractivity contribution in [2.45, 2.75) is 6.92 Å². The van der Waals surface area contributed by atoms with E-state index in [2.05, 4.69) is 32.3 Å². The van der Waals surface area contributed by atoms with E-state index in [1.807, 2.05) is 90.7 Å². The molecule has 3 N–H and O–H groups in total. The minimum Gasteiger partial charge on any atom is -0.346 e. The van der Waals surface area contributed by atoms with Crippen molar-refractivity contribution in [1.29, 1.82) is 0 Å². The lowest BCUT2D eigenvalue weighted by Crippen LogP contribution is -2.19. The maximum atomic E-state index is 12.3. The number of H-pyrrole nitrogens is 1. The number of carbonyl (C=O) groups excluding carboxylic acids is 1. The van der Waals surface area contributed by atoms with Gasteiger partial charge in [0.15, 0.2) is 0 Å². The van der Waals surface area contributed by atoms with Crippen molar-refractivity contribution in [3.63, 3.8) is 0 Å². The summed E-state index contributed by atoms with van der Waals surface area (Å²) in [7, 11) is 0. The zero-order valence-electron chi connectivity index (χ0n) is 18.0. The predicted molar refractivity (Wildman–Crippen MR) is 133 cm³/mol. The van der Waals surface area contributed by atoms with Gasteiger partial charge in [0.1, 0.15) is 5.65 Å². The Morgan fingerprint density at radius 2 is 1.67 bits per heavy atom. The molecular weight excluding hydrogens is 412 g/mol. The molecule has 33 heavy (non-hydrogen) atoms. The van der Waals surface area contributed by atoms with E-state index >= 15 is 0 Å². The molecule has 0 aliphatic carbocycles. The van der Waals surface area contributed by atoms with Crippen LogP contribution in [0.1, 0.15) is 6.92 Å². The number of hydrogen-bond donors (Lipinski definition) is 3. The summed E-state index contributed by atoms with van der Waals surface area (Å²) in [4.78, 5) is 19.9. The average molecular weight is 435 g/mol. The van der Waals surface area contributed by atoms with Crippen LogP contribution in [0.3, 0.4) is 0 Å². The standard InChI is InChI=1S/C26H22N6O/c1-17(2)32-24(23(16-29-32)21-12-14-27-25-22(21)13-15-28-25)18-8-10-20(11-9-18)31-26(33)30-19-6-4-3-5-7-19/h3-16H,1H2,2H3,(H,27,28)(H2,30,31,33). The summed E-state index contributed by atoms with van der Waals surface area (Å²) in [6, 6.07) is 20.7. The lowest BCUT2D eigenvalue weighted by molar-refractivity contribution is 0.262. The third-order valence-electron chi connectivity index (χ3n) is 5.33. The van der Waals surface area contributed by atoms with Gasteiger partial charge in [0.05, 0.1) is 11.9 Å². The number of aromatic nitrogens is 4. The van der Waals surface area contributed by atoms with Crippen molar-refractivity contribution >= 4 is 34.1 Å². The average Bonchev–Trinajstić information content (AvgIpc) is 3.47. The van der Waals surface area contributed by atoms with E-state index in [1.165, 1.54) is 0 Å². The third kappa shape index (κ3) is 3.99. The Bertz CT molecular complexity index is 1450. The van der Waals surface area contributed by atoms with Crippen LogP contribution >= 0.6 is 0 Å². The van der Waals surface area contributed by atoms with Crippen LogP contribution in [0, 0.1) is 0 Å². The van der Waals surface area contributed by atoms with Gasteiger partial charge in [-0.05, 0) is 48.9 Å². The predicted octanol–water partition coefficient (Wildman–Crippen LogP) is 6.23. The molecule has 7 heteroatoms. The fourth-order valence-corrected chi connectivity index (χ4v) is 3.83. The summed E-state index contributed by atoms with van der Waals surface area (Å²) in [6.07, 6.45) is 5.52. The van der Waals surface area contributed by atoms with Gasteiger partial charge < -0.3 is 15.6 Å². The molecule has 0 saturated carbocycles. The first-order valence-electron chi connectivity index (χ1n) is 10.5. The van der Waals surface area contributed by atoms with Crippen molar-refractivity contribution in [2.75, 3.05) is 10.6 Å². The normalized spacial score (nSPS) is 10.8. The Hall–Kier alpha value is -4.65. The number of anilines is 2. The maximum absolute atomic E-state index is 12.3. The number of carbonyl (C=O) groups is 1. The van der Waals surface area contributed by atoms with Gasteiger partial charge in [-0.2, -0.15) is 5.10 Å². The molecule has 3 aromatic heterocycles. The monoisotopic (exact) mass is 434 g/mol. The molecule has 0 saturated heterocycles. The SMILES string of the molecule is C=C(C)n1ncc(-c2ccnc3[nH]ccc23)c1-c1ccc(NC(=O)Nc2ccccc2)cc1. The highest BCUT2D eigenvalue weighted by Crippen LogP contribution is 2.36. The number of nitrogens with one attached hydrogen (secondary N) is 3. The second-order valence-corrected chi connectivity index (χ2v) is 7.67. The van der Waals surface area contributed by atoms with Crippen LogP contribution in [0.2, 0.25) is 0 Å². The fourth-order valence-electron chi connectivity index (χ4n) is 3.83. The Morgan fingerprint density at radius 3 is 2.39 bits per heavy atom. The minimum absolute atomic E-state index is 0.298. The van der Waals surface area contributed by atoms with Crippen molar-refractivity contribution < 1.29 is 4.79 Å². The first kappa shape index (κ1) is 20.3. The van der Waals surface area contributed by atoms with E-state index in [1.54, 1.807) is 6.20 Å². The Kier molecular flexibility index (Phi) is 5.20. The molecule has 5 aromatic rings. The van der Waals surface area contributed by atoms with E-state index in [0.717, 1.165) is 44.8 Å². The number of nitrogens with zero attached hydrogens (tertiary/aromatic N) is 3. The maximum Gasteiger partial charge on any atom is 0.323 e. The van der Waals surface area contributed by atoms with E-state index in [9.17, 15) is 4.79 Å². The first-order valence-corrected chi connectivity index (χ1v) is 10.5. The van der Waals surface area contributed by atoms with Crippen LogP contribution in [0.25, 0.3) is 39.1 Å². The van der Waals surface area contributed by atoms with Gasteiger partial charge in [0.25, 0.3) is 0 Å². The van der Waals surface area contributed by atoms with Crippen LogP contribution in [-0.2, 0) is 0 Å². The van der Waals surface area contributed by atoms with Gasteiger partial charge in [-0.3, -0.25) is 0 Å². The van der Waals surface area contributed by atoms with Crippen LogP contribution in [0.15, 0.2) is 91.9 Å². The summed E-state index contributed by atoms with van der Waals surface area (Å²) in [5.41, 5.74) is 6.95. The van der Waals surface area contributed by atoms with Gasteiger partial charge >= 0.3 is 6.03 Å². The van der Waals surface area contributed by atoms with Crippen LogP contribution in [-0.4, -0.2) is 25.8 Å². The first-order chi connectivity index (χ1) is 16.1. The minimum atomic E-state index is -0.298. The molecule has 2 amide bonds. The zero-order valence-corrected chi connectivity index (χ0v) is 18.0. The fraction of sp³-hybridized carbons (Fsp3) is 0.0385. The highest BCUT2D eigenvalue weighted by Gasteiger charge is 2.18. The number of allylic oxidation sites excluding steroid dienone is 1. The second-order valence-electron chi connectivity index (χ2n) is 7.67. The van der Waals surface area contributed by atoms with Crippen LogP contribution in [0.5, 0.6) is 0 Å². The number of para-hydroxylation sites is 1. The molecule has 0 aliphatic rings. The summed E-state index contributed by atoms with van der Waals surface area (Å²) < 4.78 is 1.83. The molecule has 7 nitrogen and oxygen atoms in total. The van der Waals surface area contributed by atoms with Crippen LogP contribution in [0.4, 0.5) is 16.2 Å². The molecule has 0 fully saturated rings. The summed E-state index contributed by atoms with van der Waals surface area (Å²) >= 11 is 0. The number of rotatable bonds is 5. The van der Waals surface area contributed by atoms with Crippen molar-refractivity contribution in [3.8, 4) is 22.4 Å². The highest BCUT2D eigenvalue weighted by molar-refractivity contribution is 6.00. The molecule has 5 rings (SSSR count). The van der Waals surface area contributed by atoms with E-state index in [-0.39, 0.29) is 6.03 Å². The Labute approximate surface area is 190 Å². The van der Waals surface area contributed by atoms with Gasteiger partial charge in [-0.15, -0.1) is 0 Å². The summed E-state index contributed by atoms with van der Waals surface area (Å²) in [6.45, 7) is 6.00. The molecule has 2 aromatic carbocycles. The topological polar surface area (TPSA) is 87.6 Å². The number of hydrogen-bond acceptors (Lipinski definition) is 3. The van der Waals surface area contributed by atoms with Gasteiger partial charge in [0.2, 0.25) is 0 Å². The Morgan fingerprint density at radius 1 is 0.939 bits per heavy atom. The molecule has 0 unspecified atom stereocenters. The van der Waals surface area contributed by atoms with Gasteiger partial charge in [-0.1, -0.05) is 36.9 Å². The number of fused-ring (bicyclic) bond motifs is 1. The lowest BCUT2D eigenvalue weighted by atomic mass is 10.00. The quantitative estimate of drug-likeness (QED) is 0.306. The van der Waals surface area contributed by atoms with Crippen molar-refractivity contribution in [1.82, 2.24) is 19.7 Å². The zero-order chi connectivity index (χ0) is 22.8. The van der Waals surface area contributed by atoms with E-state index in [4.69, 9.17) is 0 Å². The molecule has 0 aliphatic heterocycles. The molecule has 162 valence electrons. The molecule has 0 radical (unpaired) electrons. The summed E-state index contributed by atoms with van der Waals surface area (Å²) in [5, 5.41) is 11.3. The Balaban J connectivity index is 1.47. The van der Waals surface area contributed by atoms with E-state index < -0.39 is 0 Å². The molecule has 0 spiro atoms. The lowest BCUT2D eigenvalue weighted by Gasteiger charge is -2.12. The number of urea groups is 1. The molecule has 3 heterocycles. The molecular formula is C26H22N6O. The van der Waals surface area contributed by atoms with E-state index in [0.29, 0.717) is 5.69 Å². The summed E-state index contributed by atoms with van der Waals surface area (Å²) in [5.74, 6) is 0. The van der Waals surface area contributed by atoms with Crippen molar-refractivity contribution in [2.24, 2.45) is 0 Å². The number of amides is 2. The van der Waals surface area contributed by atoms with Gasteiger partial charge in [0, 0.05) is 46.0 Å². The van der Waals surface area contributed by atoms with Gasteiger partial charge in [-0.25, -0.2) is 14.5 Å². The third-order valence-corrected chi connectivity index (χ3v) is 5.33. The second kappa shape index (κ2) is 8.47. The van der Waals surface area contributed by atoms with Crippen molar-refractivity contribution in [3.05, 3.63) is 91.9 Å². The number of pyridine rings is 1. The molecule has 0 bridgehead atoms. The number of benzene rings is 2. The molecule has 0 atom stereocenters. The highest BCUT2D eigenvalue weighted by atomic mass is 16.2. The smallest absolute Gasteiger partial charge is 0.323 e. The number of aromatic amines is 1.